The molecule has 3 nitrogen and oxygen atoms in total. The van der Waals surface area contributed by atoms with Crippen molar-refractivity contribution in [3.8, 4) is 11.5 Å². The molecule has 1 aliphatic heterocycles. The van der Waals surface area contributed by atoms with Crippen molar-refractivity contribution in [2.45, 2.75) is 51.2 Å². The largest absolute Gasteiger partial charge is 0.497 e. The van der Waals surface area contributed by atoms with Gasteiger partial charge < -0.3 is 14.6 Å². The van der Waals surface area contributed by atoms with E-state index in [1.54, 1.807) is 7.11 Å². The number of hydrogen-bond acceptors (Lipinski definition) is 3. The van der Waals surface area contributed by atoms with Crippen molar-refractivity contribution in [2.75, 3.05) is 7.11 Å². The van der Waals surface area contributed by atoms with E-state index in [-0.39, 0.29) is 5.60 Å². The summed E-state index contributed by atoms with van der Waals surface area (Å²) < 4.78 is 11.4. The van der Waals surface area contributed by atoms with Crippen molar-refractivity contribution in [2.24, 2.45) is 0 Å². The number of aliphatic hydroxyl groups excluding tert-OH is 1. The zero-order valence-corrected chi connectivity index (χ0v) is 11.4. The lowest BCUT2D eigenvalue weighted by Crippen LogP contribution is -2.40. The smallest absolute Gasteiger partial charge is 0.129 e. The minimum absolute atomic E-state index is 0.229. The van der Waals surface area contributed by atoms with Gasteiger partial charge in [-0.25, -0.2) is 0 Å². The van der Waals surface area contributed by atoms with E-state index in [1.165, 1.54) is 0 Å². The molecule has 0 saturated carbocycles. The molecule has 0 amide bonds. The van der Waals surface area contributed by atoms with Crippen LogP contribution < -0.4 is 9.47 Å². The predicted octanol–water partition coefficient (Wildman–Crippen LogP) is 3.46. The van der Waals surface area contributed by atoms with Crippen LogP contribution in [0, 0.1) is 0 Å². The lowest BCUT2D eigenvalue weighted by Gasteiger charge is -2.40. The molecule has 18 heavy (non-hydrogen) atoms. The van der Waals surface area contributed by atoms with Crippen LogP contribution in [0.5, 0.6) is 11.5 Å². The van der Waals surface area contributed by atoms with Crippen LogP contribution in [0.1, 0.15) is 51.2 Å². The highest BCUT2D eigenvalue weighted by Gasteiger charge is 2.38. The summed E-state index contributed by atoms with van der Waals surface area (Å²) in [5.41, 5.74) is 0.643. The molecule has 100 valence electrons. The van der Waals surface area contributed by atoms with E-state index in [1.807, 2.05) is 18.2 Å². The minimum atomic E-state index is -0.439. The molecule has 1 N–H and O–H groups in total. The first-order valence-electron chi connectivity index (χ1n) is 6.69. The first-order chi connectivity index (χ1) is 8.64. The van der Waals surface area contributed by atoms with E-state index in [4.69, 9.17) is 9.47 Å². The van der Waals surface area contributed by atoms with Crippen molar-refractivity contribution < 1.29 is 14.6 Å². The van der Waals surface area contributed by atoms with E-state index in [0.717, 1.165) is 36.3 Å². The predicted molar refractivity (Wildman–Crippen MR) is 71.1 cm³/mol. The van der Waals surface area contributed by atoms with E-state index in [9.17, 15) is 5.11 Å². The average Bonchev–Trinajstić information content (AvgIpc) is 2.38. The van der Waals surface area contributed by atoms with Gasteiger partial charge in [-0.2, -0.15) is 0 Å². The molecule has 1 aromatic rings. The van der Waals surface area contributed by atoms with Gasteiger partial charge in [0, 0.05) is 18.1 Å². The topological polar surface area (TPSA) is 38.7 Å². The second-order valence-corrected chi connectivity index (χ2v) is 5.01. The maximum atomic E-state index is 10.3. The lowest BCUT2D eigenvalue weighted by atomic mass is 9.83. The maximum Gasteiger partial charge on any atom is 0.129 e. The van der Waals surface area contributed by atoms with Gasteiger partial charge >= 0.3 is 0 Å². The van der Waals surface area contributed by atoms with Crippen LogP contribution in [0.4, 0.5) is 0 Å². The Bertz CT molecular complexity index is 416. The molecule has 0 fully saturated rings. The summed E-state index contributed by atoms with van der Waals surface area (Å²) in [5, 5.41) is 10.3. The number of rotatable bonds is 4. The summed E-state index contributed by atoms with van der Waals surface area (Å²) in [6.45, 7) is 4.27. The van der Waals surface area contributed by atoms with Crippen LogP contribution in [-0.4, -0.2) is 17.8 Å². The van der Waals surface area contributed by atoms with Gasteiger partial charge in [-0.3, -0.25) is 0 Å². The molecule has 1 heterocycles. The number of fused-ring (bicyclic) bond motifs is 1. The summed E-state index contributed by atoms with van der Waals surface area (Å²) in [5.74, 6) is 1.53. The molecule has 0 bridgehead atoms. The summed E-state index contributed by atoms with van der Waals surface area (Å²) in [6, 6.07) is 5.63. The molecule has 0 spiro atoms. The summed E-state index contributed by atoms with van der Waals surface area (Å²) in [6.07, 6.45) is 3.17. The Labute approximate surface area is 109 Å². The van der Waals surface area contributed by atoms with Crippen LogP contribution in [0.25, 0.3) is 0 Å². The lowest BCUT2D eigenvalue weighted by molar-refractivity contribution is -0.0233. The molecular formula is C15H22O3. The van der Waals surface area contributed by atoms with E-state index < -0.39 is 6.10 Å². The number of benzene rings is 1. The second-order valence-electron chi connectivity index (χ2n) is 5.01. The number of ether oxygens (including phenoxy) is 2. The Morgan fingerprint density at radius 1 is 1.44 bits per heavy atom. The molecule has 0 aromatic heterocycles. The molecule has 0 aliphatic carbocycles. The quantitative estimate of drug-likeness (QED) is 0.889. The molecule has 1 aliphatic rings. The maximum absolute atomic E-state index is 10.3. The van der Waals surface area contributed by atoms with Crippen molar-refractivity contribution in [3.63, 3.8) is 0 Å². The molecular weight excluding hydrogens is 228 g/mol. The number of methoxy groups -OCH3 is 1. The molecule has 0 saturated heterocycles. The molecule has 0 radical (unpaired) electrons. The van der Waals surface area contributed by atoms with Gasteiger partial charge in [0.2, 0.25) is 0 Å². The van der Waals surface area contributed by atoms with Crippen LogP contribution in [0.15, 0.2) is 18.2 Å². The Balaban J connectivity index is 2.35. The minimum Gasteiger partial charge on any atom is -0.497 e. The number of aliphatic hydroxyl groups is 1. The highest BCUT2D eigenvalue weighted by Crippen LogP contribution is 2.44. The third kappa shape index (κ3) is 2.32. The Hall–Kier alpha value is -1.22. The van der Waals surface area contributed by atoms with E-state index in [2.05, 4.69) is 13.8 Å². The fourth-order valence-corrected chi connectivity index (χ4v) is 2.74. The average molecular weight is 250 g/mol. The van der Waals surface area contributed by atoms with Gasteiger partial charge in [0.15, 0.2) is 0 Å². The number of hydrogen-bond donors (Lipinski definition) is 1. The fraction of sp³-hybridized carbons (Fsp3) is 0.600. The third-order valence-corrected chi connectivity index (χ3v) is 3.82. The zero-order chi connectivity index (χ0) is 13.2. The van der Waals surface area contributed by atoms with Gasteiger partial charge in [0.1, 0.15) is 17.1 Å². The molecule has 3 heteroatoms. The Kier molecular flexibility index (Phi) is 3.81. The van der Waals surface area contributed by atoms with Gasteiger partial charge in [-0.15, -0.1) is 0 Å². The van der Waals surface area contributed by atoms with Crippen LogP contribution >= 0.6 is 0 Å². The SMILES string of the molecule is CCCC1(CC)C[C@H](O)c2ccc(OC)cc2O1. The van der Waals surface area contributed by atoms with Crippen LogP contribution in [-0.2, 0) is 0 Å². The summed E-state index contributed by atoms with van der Waals surface area (Å²) >= 11 is 0. The fourth-order valence-electron chi connectivity index (χ4n) is 2.74. The Morgan fingerprint density at radius 3 is 2.83 bits per heavy atom. The highest BCUT2D eigenvalue weighted by atomic mass is 16.5. The Morgan fingerprint density at radius 2 is 2.22 bits per heavy atom. The van der Waals surface area contributed by atoms with Gasteiger partial charge in [0.05, 0.1) is 13.2 Å². The summed E-state index contributed by atoms with van der Waals surface area (Å²) in [4.78, 5) is 0. The molecule has 1 aromatic carbocycles. The van der Waals surface area contributed by atoms with Crippen molar-refractivity contribution in [1.29, 1.82) is 0 Å². The van der Waals surface area contributed by atoms with Gasteiger partial charge in [-0.1, -0.05) is 20.3 Å². The first kappa shape index (κ1) is 13.2. The van der Waals surface area contributed by atoms with E-state index >= 15 is 0 Å². The second kappa shape index (κ2) is 5.19. The third-order valence-electron chi connectivity index (χ3n) is 3.82. The molecule has 1 unspecified atom stereocenters. The van der Waals surface area contributed by atoms with Crippen LogP contribution in [0.3, 0.4) is 0 Å². The molecule has 2 rings (SSSR count). The zero-order valence-electron chi connectivity index (χ0n) is 11.4. The van der Waals surface area contributed by atoms with Crippen LogP contribution in [0.2, 0.25) is 0 Å². The van der Waals surface area contributed by atoms with E-state index in [0.29, 0.717) is 6.42 Å². The van der Waals surface area contributed by atoms with Crippen molar-refractivity contribution in [3.05, 3.63) is 23.8 Å². The summed E-state index contributed by atoms with van der Waals surface area (Å²) in [7, 11) is 1.64. The van der Waals surface area contributed by atoms with Gasteiger partial charge in [0.25, 0.3) is 0 Å². The molecule has 2 atom stereocenters. The monoisotopic (exact) mass is 250 g/mol. The van der Waals surface area contributed by atoms with Gasteiger partial charge in [-0.05, 0) is 25.0 Å². The highest BCUT2D eigenvalue weighted by molar-refractivity contribution is 5.44. The first-order valence-corrected chi connectivity index (χ1v) is 6.69. The van der Waals surface area contributed by atoms with Crippen molar-refractivity contribution in [1.82, 2.24) is 0 Å². The normalized spacial score (nSPS) is 26.3. The standard InChI is InChI=1S/C15H22O3/c1-4-8-15(5-2)10-13(16)12-7-6-11(17-3)9-14(12)18-15/h6-7,9,13,16H,4-5,8,10H2,1-3H3/t13-,15?/m0/s1. The van der Waals surface area contributed by atoms with Crippen molar-refractivity contribution >= 4 is 0 Å².